The topological polar surface area (TPSA) is 12.4 Å². The minimum atomic E-state index is 0. The van der Waals surface area contributed by atoms with Crippen LogP contribution in [0.5, 0.6) is 0 Å². The van der Waals surface area contributed by atoms with Crippen molar-refractivity contribution in [2.24, 2.45) is 4.40 Å². The van der Waals surface area contributed by atoms with Crippen LogP contribution in [0.2, 0.25) is 0 Å². The van der Waals surface area contributed by atoms with Gasteiger partial charge in [-0.1, -0.05) is 24.3 Å². The average molecular weight is 185 g/mol. The molecule has 0 N–H and O–H groups in total. The number of fused-ring (bicyclic) bond motifs is 1. The molecule has 0 saturated carbocycles. The molecule has 0 aliphatic carbocycles. The summed E-state index contributed by atoms with van der Waals surface area (Å²) >= 11 is 1.52. The molecule has 1 heterocycles. The molecule has 0 unspecified atom stereocenters. The second-order valence-electron chi connectivity index (χ2n) is 2.24. The summed E-state index contributed by atoms with van der Waals surface area (Å²) in [6.45, 7) is 0. The molecule has 1 nitrogen and oxygen atoms in total. The van der Waals surface area contributed by atoms with E-state index in [1.54, 1.807) is 0 Å². The fourth-order valence-electron chi connectivity index (χ4n) is 0.970. The van der Waals surface area contributed by atoms with Crippen LogP contribution in [0, 0.1) is 0 Å². The van der Waals surface area contributed by atoms with Gasteiger partial charge in [-0.05, 0) is 17.7 Å². The Morgan fingerprint density at radius 1 is 1.25 bits per heavy atom. The van der Waals surface area contributed by atoms with Gasteiger partial charge in [0.2, 0.25) is 0 Å². The van der Waals surface area contributed by atoms with E-state index in [2.05, 4.69) is 22.6 Å². The van der Waals surface area contributed by atoms with Crippen molar-refractivity contribution in [2.75, 3.05) is 0 Å². The second-order valence-corrected chi connectivity index (χ2v) is 3.08. The predicted molar refractivity (Wildman–Crippen MR) is 50.9 cm³/mol. The van der Waals surface area contributed by atoms with Gasteiger partial charge in [-0.3, -0.25) is 0 Å². The second kappa shape index (κ2) is 4.87. The Labute approximate surface area is 99.9 Å². The SMILES string of the molecule is C1=Cc2ccccc2SN=C1.[H-].[Na+]. The van der Waals surface area contributed by atoms with Gasteiger partial charge in [-0.2, -0.15) is 0 Å². The fourth-order valence-corrected chi connectivity index (χ4v) is 1.60. The number of benzene rings is 1. The van der Waals surface area contributed by atoms with E-state index in [9.17, 15) is 0 Å². The van der Waals surface area contributed by atoms with Gasteiger partial charge in [0, 0.05) is 23.1 Å². The van der Waals surface area contributed by atoms with Gasteiger partial charge in [0.1, 0.15) is 0 Å². The van der Waals surface area contributed by atoms with Crippen LogP contribution in [0.25, 0.3) is 6.08 Å². The van der Waals surface area contributed by atoms with Crippen LogP contribution in [0.15, 0.2) is 39.6 Å². The zero-order chi connectivity index (χ0) is 7.52. The van der Waals surface area contributed by atoms with E-state index in [4.69, 9.17) is 0 Å². The summed E-state index contributed by atoms with van der Waals surface area (Å²) in [6, 6.07) is 8.23. The zero-order valence-electron chi connectivity index (χ0n) is 7.90. The summed E-state index contributed by atoms with van der Waals surface area (Å²) in [6.07, 6.45) is 5.84. The van der Waals surface area contributed by atoms with Crippen LogP contribution in [0.1, 0.15) is 6.99 Å². The van der Waals surface area contributed by atoms with Crippen molar-refractivity contribution >= 4 is 24.2 Å². The summed E-state index contributed by atoms with van der Waals surface area (Å²) in [4.78, 5) is 1.22. The molecular weight excluding hydrogens is 177 g/mol. The van der Waals surface area contributed by atoms with Crippen LogP contribution >= 0.6 is 11.9 Å². The maximum atomic E-state index is 4.12. The molecule has 3 heteroatoms. The van der Waals surface area contributed by atoms with Gasteiger partial charge in [0.15, 0.2) is 0 Å². The van der Waals surface area contributed by atoms with Gasteiger partial charge < -0.3 is 1.43 Å². The summed E-state index contributed by atoms with van der Waals surface area (Å²) in [5.41, 5.74) is 1.25. The molecule has 2 rings (SSSR count). The first-order chi connectivity index (χ1) is 5.47. The van der Waals surface area contributed by atoms with Crippen molar-refractivity contribution in [1.29, 1.82) is 0 Å². The van der Waals surface area contributed by atoms with Crippen LogP contribution < -0.4 is 29.6 Å². The van der Waals surface area contributed by atoms with Gasteiger partial charge in [0.05, 0.1) is 0 Å². The van der Waals surface area contributed by atoms with Crippen molar-refractivity contribution in [1.82, 2.24) is 0 Å². The van der Waals surface area contributed by atoms with E-state index in [-0.39, 0.29) is 31.0 Å². The van der Waals surface area contributed by atoms with Gasteiger partial charge in [-0.15, -0.1) is 0 Å². The van der Waals surface area contributed by atoms with E-state index in [0.29, 0.717) is 0 Å². The molecular formula is C9H8NNaS. The number of hydrogen-bond donors (Lipinski definition) is 0. The Morgan fingerprint density at radius 2 is 2.08 bits per heavy atom. The monoisotopic (exact) mass is 185 g/mol. The van der Waals surface area contributed by atoms with E-state index in [1.807, 2.05) is 24.4 Å². The Morgan fingerprint density at radius 3 is 3.00 bits per heavy atom. The molecule has 0 spiro atoms. The molecule has 0 atom stereocenters. The minimum Gasteiger partial charge on any atom is -1.00 e. The first-order valence-electron chi connectivity index (χ1n) is 3.43. The number of hydrogen-bond acceptors (Lipinski definition) is 2. The number of rotatable bonds is 0. The molecule has 1 aliphatic rings. The Bertz CT molecular complexity index is 325. The third-order valence-corrected chi connectivity index (χ3v) is 2.29. The molecule has 1 aromatic carbocycles. The largest absolute Gasteiger partial charge is 1.00 e. The van der Waals surface area contributed by atoms with Crippen molar-refractivity contribution < 1.29 is 31.0 Å². The maximum Gasteiger partial charge on any atom is 1.00 e. The number of nitrogens with zero attached hydrogens (tertiary/aromatic N) is 1. The van der Waals surface area contributed by atoms with Gasteiger partial charge in [0.25, 0.3) is 0 Å². The molecule has 12 heavy (non-hydrogen) atoms. The standard InChI is InChI=1S/C9H7NS.Na.H/c1-2-6-9-8(4-1)5-3-7-10-11-9;;/h1-7H;;/q;+1;-1. The molecule has 0 radical (unpaired) electrons. The third kappa shape index (κ3) is 2.23. The van der Waals surface area contributed by atoms with Crippen molar-refractivity contribution in [3.05, 3.63) is 35.9 Å². The Hall–Kier alpha value is -0.0200. The molecule has 0 fully saturated rings. The van der Waals surface area contributed by atoms with Crippen molar-refractivity contribution in [3.8, 4) is 0 Å². The van der Waals surface area contributed by atoms with E-state index < -0.39 is 0 Å². The first kappa shape index (κ1) is 10.1. The summed E-state index contributed by atoms with van der Waals surface area (Å²) in [5, 5.41) is 0. The molecule has 1 aromatic rings. The Kier molecular flexibility index (Phi) is 4.09. The van der Waals surface area contributed by atoms with E-state index in [0.717, 1.165) is 0 Å². The summed E-state index contributed by atoms with van der Waals surface area (Å²) in [5.74, 6) is 0. The van der Waals surface area contributed by atoms with Crippen LogP contribution in [-0.4, -0.2) is 6.21 Å². The average Bonchev–Trinajstić information content (AvgIpc) is 2.28. The molecule has 56 valence electrons. The normalized spacial score (nSPS) is 13.0. The molecule has 1 aliphatic heterocycles. The molecule has 0 aromatic heterocycles. The van der Waals surface area contributed by atoms with Crippen molar-refractivity contribution in [2.45, 2.75) is 4.90 Å². The summed E-state index contributed by atoms with van der Waals surface area (Å²) < 4.78 is 4.12. The minimum absolute atomic E-state index is 0. The summed E-state index contributed by atoms with van der Waals surface area (Å²) in [7, 11) is 0. The van der Waals surface area contributed by atoms with Crippen molar-refractivity contribution in [3.63, 3.8) is 0 Å². The molecule has 0 bridgehead atoms. The van der Waals surface area contributed by atoms with Gasteiger partial charge in [-0.25, -0.2) is 4.40 Å². The zero-order valence-corrected chi connectivity index (χ0v) is 9.71. The van der Waals surface area contributed by atoms with Crippen LogP contribution in [0.3, 0.4) is 0 Å². The van der Waals surface area contributed by atoms with Crippen LogP contribution in [-0.2, 0) is 0 Å². The quantitative estimate of drug-likeness (QED) is 0.406. The number of allylic oxidation sites excluding steroid dienone is 1. The third-order valence-electron chi connectivity index (χ3n) is 1.49. The predicted octanol–water partition coefficient (Wildman–Crippen LogP) is -0.0922. The first-order valence-corrected chi connectivity index (χ1v) is 4.20. The smallest absolute Gasteiger partial charge is 1.00 e. The maximum absolute atomic E-state index is 4.12. The van der Waals surface area contributed by atoms with E-state index in [1.165, 1.54) is 22.4 Å². The van der Waals surface area contributed by atoms with Crippen LogP contribution in [0.4, 0.5) is 0 Å². The van der Waals surface area contributed by atoms with E-state index >= 15 is 0 Å². The Balaban J connectivity index is 0.000000720. The fraction of sp³-hybridized carbons (Fsp3) is 0. The van der Waals surface area contributed by atoms with Gasteiger partial charge >= 0.3 is 29.6 Å². The molecule has 0 saturated heterocycles. The molecule has 0 amide bonds.